The molecule has 1 fully saturated rings. The fraction of sp³-hybridized carbons (Fsp3) is 0.448. The Balaban J connectivity index is 1.72. The third-order valence-corrected chi connectivity index (χ3v) is 7.12. The molecule has 212 valence electrons. The summed E-state index contributed by atoms with van der Waals surface area (Å²) in [5.74, 6) is 1.20. The molecule has 0 amide bonds. The van der Waals surface area contributed by atoms with Gasteiger partial charge in [-0.3, -0.25) is 14.8 Å². The highest BCUT2D eigenvalue weighted by molar-refractivity contribution is 6.17. The minimum Gasteiger partial charge on any atom is -0.496 e. The van der Waals surface area contributed by atoms with Crippen LogP contribution in [0.25, 0.3) is 0 Å². The van der Waals surface area contributed by atoms with Crippen LogP contribution >= 0.6 is 11.6 Å². The van der Waals surface area contributed by atoms with Crippen LogP contribution in [0.5, 0.6) is 11.5 Å². The predicted molar refractivity (Wildman–Crippen MR) is 148 cm³/mol. The molecule has 1 aliphatic heterocycles. The Bertz CT molecular complexity index is 1460. The second-order valence-electron chi connectivity index (χ2n) is 9.56. The number of hydrogen-bond acceptors (Lipinski definition) is 9. The maximum Gasteiger partial charge on any atom is 0.269 e. The molecule has 10 nitrogen and oxygen atoms in total. The maximum absolute atomic E-state index is 13.5. The van der Waals surface area contributed by atoms with Crippen LogP contribution in [0, 0.1) is 25.2 Å². The van der Waals surface area contributed by atoms with E-state index in [0.717, 1.165) is 19.3 Å². The van der Waals surface area contributed by atoms with Gasteiger partial charge >= 0.3 is 0 Å². The molecule has 0 aliphatic carbocycles. The van der Waals surface area contributed by atoms with Crippen molar-refractivity contribution in [3.8, 4) is 17.6 Å². The van der Waals surface area contributed by atoms with E-state index in [0.29, 0.717) is 46.3 Å². The van der Waals surface area contributed by atoms with E-state index in [1.54, 1.807) is 32.2 Å². The monoisotopic (exact) mass is 568 g/mol. The van der Waals surface area contributed by atoms with Gasteiger partial charge in [0.15, 0.2) is 6.29 Å². The van der Waals surface area contributed by atoms with Crippen molar-refractivity contribution in [2.75, 3.05) is 20.8 Å². The van der Waals surface area contributed by atoms with Gasteiger partial charge in [-0.25, -0.2) is 0 Å². The largest absolute Gasteiger partial charge is 0.496 e. The Morgan fingerprint density at radius 1 is 1.18 bits per heavy atom. The quantitative estimate of drug-likeness (QED) is 0.360. The number of ether oxygens (including phenoxy) is 4. The SMILES string of the molecule is COc1cc(C)nc(Cn2ccc(C(O)c3nc(C)cc(OC)c3COC3CCCCO3)c(C#N)c2=O)c1CCl. The lowest BCUT2D eigenvalue weighted by Gasteiger charge is -2.25. The molecule has 1 N–H and O–H groups in total. The van der Waals surface area contributed by atoms with E-state index in [9.17, 15) is 15.2 Å². The summed E-state index contributed by atoms with van der Waals surface area (Å²) in [5.41, 5.74) is 2.64. The number of pyridine rings is 3. The zero-order chi connectivity index (χ0) is 28.8. The van der Waals surface area contributed by atoms with Crippen molar-refractivity contribution in [1.29, 1.82) is 5.26 Å². The fourth-order valence-electron chi connectivity index (χ4n) is 4.81. The molecule has 1 saturated heterocycles. The number of hydrogen-bond donors (Lipinski definition) is 1. The summed E-state index contributed by atoms with van der Waals surface area (Å²) in [6.07, 6.45) is 2.53. The van der Waals surface area contributed by atoms with E-state index in [4.69, 9.17) is 30.5 Å². The summed E-state index contributed by atoms with van der Waals surface area (Å²) in [7, 11) is 3.07. The van der Waals surface area contributed by atoms with E-state index in [2.05, 4.69) is 9.97 Å². The smallest absolute Gasteiger partial charge is 0.269 e. The van der Waals surface area contributed by atoms with Crippen molar-refractivity contribution in [3.63, 3.8) is 0 Å². The normalized spacial score (nSPS) is 15.9. The molecule has 1 aliphatic rings. The standard InChI is InChI=1S/C29H33ClN4O6/c1-17-11-24(37-3)20(13-30)23(32-17)15-34-9-8-19(21(14-31)29(34)36)28(35)27-22(25(38-4)12-18(2)33-27)16-40-26-7-5-6-10-39-26/h8-9,11-12,26,28,35H,5-7,10,13,15-16H2,1-4H3. The van der Waals surface area contributed by atoms with Crippen molar-refractivity contribution in [2.45, 2.75) is 64.5 Å². The molecule has 2 atom stereocenters. The molecule has 0 aromatic carbocycles. The minimum absolute atomic E-state index is 0.0704. The molecular weight excluding hydrogens is 536 g/mol. The molecule has 0 radical (unpaired) electrons. The van der Waals surface area contributed by atoms with Gasteiger partial charge in [0.2, 0.25) is 0 Å². The minimum atomic E-state index is -1.38. The van der Waals surface area contributed by atoms with E-state index < -0.39 is 11.7 Å². The third kappa shape index (κ3) is 6.29. The Hall–Kier alpha value is -3.49. The highest BCUT2D eigenvalue weighted by Gasteiger charge is 2.26. The summed E-state index contributed by atoms with van der Waals surface area (Å²) >= 11 is 6.17. The van der Waals surface area contributed by atoms with Crippen LogP contribution in [-0.4, -0.2) is 46.8 Å². The predicted octanol–water partition coefficient (Wildman–Crippen LogP) is 4.06. The molecule has 0 bridgehead atoms. The van der Waals surface area contributed by atoms with Crippen LogP contribution in [-0.2, 0) is 28.5 Å². The molecule has 4 rings (SSSR count). The topological polar surface area (TPSA) is 129 Å². The van der Waals surface area contributed by atoms with Gasteiger partial charge in [0.1, 0.15) is 29.2 Å². The van der Waals surface area contributed by atoms with Gasteiger partial charge in [-0.05, 0) is 39.2 Å². The Morgan fingerprint density at radius 2 is 1.88 bits per heavy atom. The zero-order valence-electron chi connectivity index (χ0n) is 23.1. The molecule has 40 heavy (non-hydrogen) atoms. The first kappa shape index (κ1) is 29.5. The van der Waals surface area contributed by atoms with Crippen LogP contribution < -0.4 is 15.0 Å². The van der Waals surface area contributed by atoms with Gasteiger partial charge in [0.25, 0.3) is 5.56 Å². The van der Waals surface area contributed by atoms with Crippen molar-refractivity contribution >= 4 is 11.6 Å². The fourth-order valence-corrected chi connectivity index (χ4v) is 5.10. The lowest BCUT2D eigenvalue weighted by molar-refractivity contribution is -0.169. The van der Waals surface area contributed by atoms with Gasteiger partial charge in [-0.1, -0.05) is 0 Å². The highest BCUT2D eigenvalue weighted by Crippen LogP contribution is 2.32. The van der Waals surface area contributed by atoms with Gasteiger partial charge in [-0.2, -0.15) is 5.26 Å². The van der Waals surface area contributed by atoms with E-state index in [-0.39, 0.29) is 42.1 Å². The summed E-state index contributed by atoms with van der Waals surface area (Å²) in [4.78, 5) is 22.6. The first-order valence-electron chi connectivity index (χ1n) is 13.0. The number of methoxy groups -OCH3 is 2. The van der Waals surface area contributed by atoms with E-state index in [1.807, 2.05) is 13.0 Å². The number of aliphatic hydroxyl groups is 1. The summed E-state index contributed by atoms with van der Waals surface area (Å²) < 4.78 is 24.0. The Kier molecular flexibility index (Phi) is 9.76. The van der Waals surface area contributed by atoms with Crippen molar-refractivity contribution in [1.82, 2.24) is 14.5 Å². The number of aryl methyl sites for hydroxylation is 2. The van der Waals surface area contributed by atoms with Crippen LogP contribution in [0.2, 0.25) is 0 Å². The summed E-state index contributed by atoms with van der Waals surface area (Å²) in [5, 5.41) is 21.5. The molecule has 4 heterocycles. The van der Waals surface area contributed by atoms with Gasteiger partial charge in [-0.15, -0.1) is 11.6 Å². The number of rotatable bonds is 10. The number of halogens is 1. The van der Waals surface area contributed by atoms with Crippen molar-refractivity contribution in [2.24, 2.45) is 0 Å². The van der Waals surface area contributed by atoms with E-state index in [1.165, 1.54) is 17.9 Å². The van der Waals surface area contributed by atoms with Crippen LogP contribution in [0.4, 0.5) is 0 Å². The number of aliphatic hydroxyl groups excluding tert-OH is 1. The average molecular weight is 569 g/mol. The van der Waals surface area contributed by atoms with Gasteiger partial charge in [0, 0.05) is 53.0 Å². The molecule has 11 heteroatoms. The molecule has 3 aromatic rings. The molecule has 3 aromatic heterocycles. The number of nitriles is 1. The first-order chi connectivity index (χ1) is 19.3. The first-order valence-corrected chi connectivity index (χ1v) is 13.5. The van der Waals surface area contributed by atoms with Gasteiger partial charge < -0.3 is 28.6 Å². The molecule has 0 spiro atoms. The number of aromatic nitrogens is 3. The molecule has 0 saturated carbocycles. The summed E-state index contributed by atoms with van der Waals surface area (Å²) in [6.45, 7) is 4.37. The van der Waals surface area contributed by atoms with Crippen molar-refractivity contribution < 1.29 is 24.1 Å². The lowest BCUT2D eigenvalue weighted by atomic mass is 9.98. The second kappa shape index (κ2) is 13.2. The second-order valence-corrected chi connectivity index (χ2v) is 9.82. The van der Waals surface area contributed by atoms with Crippen LogP contribution in [0.1, 0.15) is 70.4 Å². The van der Waals surface area contributed by atoms with Gasteiger partial charge in [0.05, 0.1) is 44.6 Å². The highest BCUT2D eigenvalue weighted by atomic mass is 35.5. The van der Waals surface area contributed by atoms with Crippen LogP contribution in [0.3, 0.4) is 0 Å². The lowest BCUT2D eigenvalue weighted by Crippen LogP contribution is -2.26. The van der Waals surface area contributed by atoms with E-state index >= 15 is 0 Å². The molecular formula is C29H33ClN4O6. The Morgan fingerprint density at radius 3 is 2.50 bits per heavy atom. The maximum atomic E-state index is 13.5. The van der Waals surface area contributed by atoms with Crippen molar-refractivity contribution in [3.05, 3.63) is 79.8 Å². The number of nitrogens with zero attached hydrogens (tertiary/aromatic N) is 4. The average Bonchev–Trinajstić information content (AvgIpc) is 2.96. The zero-order valence-corrected chi connectivity index (χ0v) is 23.8. The molecule has 2 unspecified atom stereocenters. The van der Waals surface area contributed by atoms with Crippen LogP contribution in [0.15, 0.2) is 29.2 Å². The third-order valence-electron chi connectivity index (χ3n) is 6.85. The Labute approximate surface area is 238 Å². The number of alkyl halides is 1. The summed E-state index contributed by atoms with van der Waals surface area (Å²) in [6, 6.07) is 7.04.